The standard InChI is InChI=1S/C21H30N2O5S/c1-4-28-21(26)18-15-6-5-13(2)11-16(15)29-19(18)22-17(24)12-23-9-7-14(8-10-23)20(25)27-3/h13-14H,4-12H2,1-3H3,(H,22,24)/t13-/m0/s1. The van der Waals surface area contributed by atoms with Crippen molar-refractivity contribution < 1.29 is 23.9 Å². The monoisotopic (exact) mass is 422 g/mol. The van der Waals surface area contributed by atoms with E-state index in [9.17, 15) is 14.4 Å². The maximum atomic E-state index is 12.7. The Balaban J connectivity index is 1.66. The summed E-state index contributed by atoms with van der Waals surface area (Å²) in [6.45, 7) is 5.90. The molecule has 3 rings (SSSR count). The molecule has 0 unspecified atom stereocenters. The Morgan fingerprint density at radius 1 is 1.21 bits per heavy atom. The van der Waals surface area contributed by atoms with Gasteiger partial charge < -0.3 is 14.8 Å². The highest BCUT2D eigenvalue weighted by Gasteiger charge is 2.30. The summed E-state index contributed by atoms with van der Waals surface area (Å²) in [7, 11) is 1.41. The van der Waals surface area contributed by atoms with E-state index >= 15 is 0 Å². The molecule has 1 aliphatic carbocycles. The van der Waals surface area contributed by atoms with Crippen LogP contribution in [-0.2, 0) is 31.9 Å². The van der Waals surface area contributed by atoms with Gasteiger partial charge in [0.2, 0.25) is 5.91 Å². The minimum atomic E-state index is -0.353. The lowest BCUT2D eigenvalue weighted by molar-refractivity contribution is -0.147. The SMILES string of the molecule is CCOC(=O)c1c(NC(=O)CN2CCC(C(=O)OC)CC2)sc2c1CC[C@H](C)C2. The summed E-state index contributed by atoms with van der Waals surface area (Å²) in [5.41, 5.74) is 1.58. The highest BCUT2D eigenvalue weighted by molar-refractivity contribution is 7.17. The van der Waals surface area contributed by atoms with Gasteiger partial charge in [0.05, 0.1) is 31.7 Å². The third kappa shape index (κ3) is 5.17. The van der Waals surface area contributed by atoms with Gasteiger partial charge in [0.25, 0.3) is 0 Å². The number of carbonyl (C=O) groups excluding carboxylic acids is 3. The zero-order valence-electron chi connectivity index (χ0n) is 17.4. The molecule has 2 aliphatic rings. The Morgan fingerprint density at radius 3 is 2.59 bits per heavy atom. The van der Waals surface area contributed by atoms with Crippen molar-refractivity contribution in [2.24, 2.45) is 11.8 Å². The van der Waals surface area contributed by atoms with Gasteiger partial charge in [-0.2, -0.15) is 0 Å². The first-order chi connectivity index (χ1) is 13.9. The summed E-state index contributed by atoms with van der Waals surface area (Å²) in [4.78, 5) is 40.1. The summed E-state index contributed by atoms with van der Waals surface area (Å²) in [5.74, 6) is -0.171. The van der Waals surface area contributed by atoms with E-state index in [1.807, 2.05) is 4.90 Å². The molecule has 1 aliphatic heterocycles. The number of piperidine rings is 1. The van der Waals surface area contributed by atoms with Gasteiger partial charge in [-0.1, -0.05) is 6.92 Å². The fraction of sp³-hybridized carbons (Fsp3) is 0.667. The number of ether oxygens (including phenoxy) is 2. The average Bonchev–Trinajstić information content (AvgIpc) is 3.04. The maximum Gasteiger partial charge on any atom is 0.341 e. The minimum absolute atomic E-state index is 0.0826. The highest BCUT2D eigenvalue weighted by atomic mass is 32.1. The summed E-state index contributed by atoms with van der Waals surface area (Å²) in [6, 6.07) is 0. The van der Waals surface area contributed by atoms with Crippen LogP contribution in [0.4, 0.5) is 5.00 Å². The fourth-order valence-electron chi connectivity index (χ4n) is 4.12. The van der Waals surface area contributed by atoms with E-state index in [-0.39, 0.29) is 30.3 Å². The normalized spacial score (nSPS) is 20.0. The van der Waals surface area contributed by atoms with Crippen LogP contribution in [0.3, 0.4) is 0 Å². The van der Waals surface area contributed by atoms with Gasteiger partial charge in [0, 0.05) is 4.88 Å². The number of hydrogen-bond donors (Lipinski definition) is 1. The Morgan fingerprint density at radius 2 is 1.93 bits per heavy atom. The first kappa shape index (κ1) is 21.8. The quantitative estimate of drug-likeness (QED) is 0.710. The molecule has 160 valence electrons. The van der Waals surface area contributed by atoms with Crippen LogP contribution in [0, 0.1) is 11.8 Å². The molecule has 0 radical (unpaired) electrons. The molecule has 1 aromatic rings. The van der Waals surface area contributed by atoms with Crippen LogP contribution in [0.1, 0.15) is 53.9 Å². The van der Waals surface area contributed by atoms with Gasteiger partial charge in [0.15, 0.2) is 0 Å². The van der Waals surface area contributed by atoms with Crippen LogP contribution in [0.5, 0.6) is 0 Å². The van der Waals surface area contributed by atoms with Crippen LogP contribution in [-0.4, -0.2) is 56.1 Å². The fourth-order valence-corrected chi connectivity index (χ4v) is 5.54. The van der Waals surface area contributed by atoms with Crippen LogP contribution >= 0.6 is 11.3 Å². The van der Waals surface area contributed by atoms with Crippen molar-refractivity contribution >= 4 is 34.2 Å². The van der Waals surface area contributed by atoms with Gasteiger partial charge in [-0.25, -0.2) is 4.79 Å². The largest absolute Gasteiger partial charge is 0.469 e. The van der Waals surface area contributed by atoms with E-state index < -0.39 is 0 Å². The highest BCUT2D eigenvalue weighted by Crippen LogP contribution is 2.40. The van der Waals surface area contributed by atoms with E-state index in [2.05, 4.69) is 12.2 Å². The molecule has 1 aromatic heterocycles. The number of esters is 2. The van der Waals surface area contributed by atoms with E-state index in [0.29, 0.717) is 49.0 Å². The molecule has 2 heterocycles. The summed E-state index contributed by atoms with van der Waals surface area (Å²) < 4.78 is 10.1. The second-order valence-electron chi connectivity index (χ2n) is 7.90. The Hall–Kier alpha value is -1.93. The molecule has 0 spiro atoms. The summed E-state index contributed by atoms with van der Waals surface area (Å²) in [6.07, 6.45) is 4.21. The second-order valence-corrected chi connectivity index (χ2v) is 9.00. The Labute approximate surface area is 175 Å². The first-order valence-corrected chi connectivity index (χ1v) is 11.2. The number of nitrogens with zero attached hydrogens (tertiary/aromatic N) is 1. The lowest BCUT2D eigenvalue weighted by atomic mass is 9.88. The number of methoxy groups -OCH3 is 1. The number of thiophene rings is 1. The molecule has 7 nitrogen and oxygen atoms in total. The third-order valence-corrected chi connectivity index (χ3v) is 6.90. The zero-order valence-corrected chi connectivity index (χ0v) is 18.2. The number of amides is 1. The predicted molar refractivity (Wildman–Crippen MR) is 111 cm³/mol. The number of anilines is 1. The smallest absolute Gasteiger partial charge is 0.341 e. The van der Waals surface area contributed by atoms with Crippen molar-refractivity contribution in [3.8, 4) is 0 Å². The van der Waals surface area contributed by atoms with E-state index in [0.717, 1.165) is 24.8 Å². The van der Waals surface area contributed by atoms with Crippen LogP contribution in [0.15, 0.2) is 0 Å². The van der Waals surface area contributed by atoms with Crippen LogP contribution in [0.25, 0.3) is 0 Å². The van der Waals surface area contributed by atoms with Gasteiger partial charge in [-0.3, -0.25) is 14.5 Å². The van der Waals surface area contributed by atoms with Gasteiger partial charge in [-0.15, -0.1) is 11.3 Å². The molecule has 1 saturated heterocycles. The lowest BCUT2D eigenvalue weighted by Gasteiger charge is -2.29. The van der Waals surface area contributed by atoms with Gasteiger partial charge in [-0.05, 0) is 63.6 Å². The molecular weight excluding hydrogens is 392 g/mol. The predicted octanol–water partition coefficient (Wildman–Crippen LogP) is 2.87. The van der Waals surface area contributed by atoms with Gasteiger partial charge >= 0.3 is 11.9 Å². The van der Waals surface area contributed by atoms with Crippen molar-refractivity contribution in [2.75, 3.05) is 38.7 Å². The van der Waals surface area contributed by atoms with Gasteiger partial charge in [0.1, 0.15) is 5.00 Å². The second kappa shape index (κ2) is 9.71. The molecule has 1 fully saturated rings. The van der Waals surface area contributed by atoms with Crippen molar-refractivity contribution in [1.29, 1.82) is 0 Å². The maximum absolute atomic E-state index is 12.7. The van der Waals surface area contributed by atoms with Crippen molar-refractivity contribution in [3.63, 3.8) is 0 Å². The molecule has 0 saturated carbocycles. The number of hydrogen-bond acceptors (Lipinski definition) is 7. The van der Waals surface area contributed by atoms with Crippen LogP contribution in [0.2, 0.25) is 0 Å². The molecule has 0 bridgehead atoms. The minimum Gasteiger partial charge on any atom is -0.469 e. The molecule has 8 heteroatoms. The molecule has 0 aromatic carbocycles. The van der Waals surface area contributed by atoms with Crippen LogP contribution < -0.4 is 5.32 Å². The first-order valence-electron chi connectivity index (χ1n) is 10.3. The Kier molecular flexibility index (Phi) is 7.29. The third-order valence-electron chi connectivity index (χ3n) is 5.73. The molecule has 1 amide bonds. The summed E-state index contributed by atoms with van der Waals surface area (Å²) >= 11 is 1.51. The van der Waals surface area contributed by atoms with E-state index in [1.165, 1.54) is 23.3 Å². The number of fused-ring (bicyclic) bond motifs is 1. The number of likely N-dealkylation sites (tertiary alicyclic amines) is 1. The topological polar surface area (TPSA) is 84.9 Å². The molecule has 1 atom stereocenters. The molecular formula is C21H30N2O5S. The zero-order chi connectivity index (χ0) is 21.0. The van der Waals surface area contributed by atoms with Crippen molar-refractivity contribution in [3.05, 3.63) is 16.0 Å². The number of rotatable bonds is 6. The number of nitrogens with one attached hydrogen (secondary N) is 1. The average molecular weight is 423 g/mol. The molecule has 29 heavy (non-hydrogen) atoms. The molecule has 1 N–H and O–H groups in total. The number of carbonyl (C=O) groups is 3. The van der Waals surface area contributed by atoms with E-state index in [4.69, 9.17) is 9.47 Å². The lowest BCUT2D eigenvalue weighted by Crippen LogP contribution is -2.41. The van der Waals surface area contributed by atoms with E-state index in [1.54, 1.807) is 6.92 Å². The Bertz CT molecular complexity index is 767. The summed E-state index contributed by atoms with van der Waals surface area (Å²) in [5, 5.41) is 3.57. The van der Waals surface area contributed by atoms with Crippen molar-refractivity contribution in [1.82, 2.24) is 4.90 Å². The van der Waals surface area contributed by atoms with Crippen molar-refractivity contribution in [2.45, 2.75) is 46.0 Å².